The summed E-state index contributed by atoms with van der Waals surface area (Å²) >= 11 is 0. The zero-order valence-corrected chi connectivity index (χ0v) is 11.3. The number of nitro groups is 1. The molecular formula is C13H18FN3O3. The molecule has 1 aliphatic heterocycles. The van der Waals surface area contributed by atoms with Gasteiger partial charge >= 0.3 is 5.69 Å². The maximum atomic E-state index is 14.0. The highest BCUT2D eigenvalue weighted by atomic mass is 19.1. The zero-order chi connectivity index (χ0) is 14.5. The molecule has 0 aromatic heterocycles. The Morgan fingerprint density at radius 3 is 3.05 bits per heavy atom. The van der Waals surface area contributed by atoms with Gasteiger partial charge in [-0.1, -0.05) is 12.1 Å². The molecule has 1 aromatic carbocycles. The van der Waals surface area contributed by atoms with Gasteiger partial charge in [0.1, 0.15) is 0 Å². The van der Waals surface area contributed by atoms with Crippen molar-refractivity contribution in [2.24, 2.45) is 0 Å². The summed E-state index contributed by atoms with van der Waals surface area (Å²) in [6, 6.07) is 4.24. The van der Waals surface area contributed by atoms with Crippen molar-refractivity contribution in [3.8, 4) is 0 Å². The lowest BCUT2D eigenvalue weighted by molar-refractivity contribution is -0.387. The van der Waals surface area contributed by atoms with Gasteiger partial charge in [-0.3, -0.25) is 15.0 Å². The third-order valence-electron chi connectivity index (χ3n) is 3.21. The standard InChI is InChI=1S/C13H18FN3O3/c1-16(9-11-7-15-5-6-20-11)8-10-3-2-4-12(13(10)14)17(18)19/h2-4,11,15H,5-9H2,1H3. The lowest BCUT2D eigenvalue weighted by Gasteiger charge is -2.28. The van der Waals surface area contributed by atoms with Gasteiger partial charge in [-0.05, 0) is 7.05 Å². The molecule has 20 heavy (non-hydrogen) atoms. The van der Waals surface area contributed by atoms with Crippen LogP contribution in [0.3, 0.4) is 0 Å². The van der Waals surface area contributed by atoms with Crippen LogP contribution in [0.2, 0.25) is 0 Å². The number of nitrogens with zero attached hydrogens (tertiary/aromatic N) is 2. The van der Waals surface area contributed by atoms with Crippen LogP contribution in [0.4, 0.5) is 10.1 Å². The van der Waals surface area contributed by atoms with Gasteiger partial charge in [0.25, 0.3) is 0 Å². The van der Waals surface area contributed by atoms with E-state index < -0.39 is 16.4 Å². The Balaban J connectivity index is 1.98. The van der Waals surface area contributed by atoms with E-state index in [1.54, 1.807) is 6.07 Å². The first kappa shape index (κ1) is 14.8. The van der Waals surface area contributed by atoms with Gasteiger partial charge < -0.3 is 10.1 Å². The molecule has 0 spiro atoms. The summed E-state index contributed by atoms with van der Waals surface area (Å²) in [7, 11) is 1.84. The summed E-state index contributed by atoms with van der Waals surface area (Å²) in [4.78, 5) is 11.9. The average molecular weight is 283 g/mol. The normalized spacial score (nSPS) is 19.2. The second-order valence-electron chi connectivity index (χ2n) is 4.90. The number of benzene rings is 1. The predicted octanol–water partition coefficient (Wildman–Crippen LogP) is 1.15. The Morgan fingerprint density at radius 1 is 1.60 bits per heavy atom. The average Bonchev–Trinajstić information content (AvgIpc) is 2.42. The number of ether oxygens (including phenoxy) is 1. The number of rotatable bonds is 5. The van der Waals surface area contributed by atoms with Gasteiger partial charge in [0.05, 0.1) is 17.6 Å². The number of morpholine rings is 1. The number of nitro benzene ring substituents is 1. The van der Waals surface area contributed by atoms with Gasteiger partial charge in [-0.25, -0.2) is 0 Å². The molecule has 1 aromatic rings. The fourth-order valence-corrected chi connectivity index (χ4v) is 2.27. The fourth-order valence-electron chi connectivity index (χ4n) is 2.27. The summed E-state index contributed by atoms with van der Waals surface area (Å²) in [5.74, 6) is -0.757. The van der Waals surface area contributed by atoms with E-state index in [-0.39, 0.29) is 6.10 Å². The first-order chi connectivity index (χ1) is 9.58. The predicted molar refractivity (Wildman–Crippen MR) is 72.0 cm³/mol. The van der Waals surface area contributed by atoms with E-state index in [1.165, 1.54) is 12.1 Å². The maximum absolute atomic E-state index is 14.0. The fraction of sp³-hybridized carbons (Fsp3) is 0.538. The van der Waals surface area contributed by atoms with Crippen LogP contribution in [0, 0.1) is 15.9 Å². The van der Waals surface area contributed by atoms with Crippen LogP contribution < -0.4 is 5.32 Å². The zero-order valence-electron chi connectivity index (χ0n) is 11.3. The molecule has 1 saturated heterocycles. The minimum absolute atomic E-state index is 0.0653. The Morgan fingerprint density at radius 2 is 2.40 bits per heavy atom. The van der Waals surface area contributed by atoms with Crippen molar-refractivity contribution in [2.45, 2.75) is 12.6 Å². The Bertz CT molecular complexity index is 478. The van der Waals surface area contributed by atoms with E-state index in [0.29, 0.717) is 25.3 Å². The molecule has 1 heterocycles. The van der Waals surface area contributed by atoms with Crippen molar-refractivity contribution in [1.82, 2.24) is 10.2 Å². The van der Waals surface area contributed by atoms with Crippen LogP contribution in [0.25, 0.3) is 0 Å². The van der Waals surface area contributed by atoms with E-state index in [0.717, 1.165) is 13.1 Å². The summed E-state index contributed by atoms with van der Waals surface area (Å²) < 4.78 is 19.5. The van der Waals surface area contributed by atoms with Gasteiger partial charge in [-0.15, -0.1) is 0 Å². The summed E-state index contributed by atoms with van der Waals surface area (Å²) in [6.45, 7) is 3.24. The topological polar surface area (TPSA) is 67.6 Å². The summed E-state index contributed by atoms with van der Waals surface area (Å²) in [6.07, 6.45) is 0.0653. The molecule has 1 atom stereocenters. The van der Waals surface area contributed by atoms with E-state index in [2.05, 4.69) is 5.32 Å². The van der Waals surface area contributed by atoms with Gasteiger partial charge in [0.15, 0.2) is 0 Å². The van der Waals surface area contributed by atoms with Crippen LogP contribution in [-0.2, 0) is 11.3 Å². The van der Waals surface area contributed by atoms with Crippen LogP contribution in [-0.4, -0.2) is 49.2 Å². The third-order valence-corrected chi connectivity index (χ3v) is 3.21. The molecule has 110 valence electrons. The molecule has 0 amide bonds. The third kappa shape index (κ3) is 3.72. The molecule has 1 unspecified atom stereocenters. The van der Waals surface area contributed by atoms with E-state index in [1.807, 2.05) is 11.9 Å². The molecule has 2 rings (SSSR count). The van der Waals surface area contributed by atoms with Crippen molar-refractivity contribution in [1.29, 1.82) is 0 Å². The van der Waals surface area contributed by atoms with E-state index in [4.69, 9.17) is 4.74 Å². The van der Waals surface area contributed by atoms with Crippen molar-refractivity contribution >= 4 is 5.69 Å². The molecule has 7 heteroatoms. The summed E-state index contributed by atoms with van der Waals surface area (Å²) in [5.41, 5.74) is -0.156. The van der Waals surface area contributed by atoms with Crippen molar-refractivity contribution < 1.29 is 14.1 Å². The largest absolute Gasteiger partial charge is 0.374 e. The van der Waals surface area contributed by atoms with Gasteiger partial charge in [0.2, 0.25) is 5.82 Å². The molecule has 1 fully saturated rings. The van der Waals surface area contributed by atoms with Crippen molar-refractivity contribution in [3.63, 3.8) is 0 Å². The first-order valence-electron chi connectivity index (χ1n) is 6.50. The lowest BCUT2D eigenvalue weighted by atomic mass is 10.1. The number of nitrogens with one attached hydrogen (secondary N) is 1. The number of hydrogen-bond acceptors (Lipinski definition) is 5. The molecule has 0 radical (unpaired) electrons. The first-order valence-corrected chi connectivity index (χ1v) is 6.50. The molecule has 0 aliphatic carbocycles. The smallest absolute Gasteiger partial charge is 0.305 e. The molecule has 0 saturated carbocycles. The minimum atomic E-state index is -0.757. The Labute approximate surface area is 116 Å². The van der Waals surface area contributed by atoms with E-state index in [9.17, 15) is 14.5 Å². The minimum Gasteiger partial charge on any atom is -0.374 e. The SMILES string of the molecule is CN(Cc1cccc([N+](=O)[O-])c1F)CC1CNCCO1. The number of hydrogen-bond donors (Lipinski definition) is 1. The lowest BCUT2D eigenvalue weighted by Crippen LogP contribution is -2.44. The quantitative estimate of drug-likeness (QED) is 0.648. The molecule has 0 bridgehead atoms. The summed E-state index contributed by atoms with van der Waals surface area (Å²) in [5, 5.41) is 13.9. The van der Waals surface area contributed by atoms with Crippen LogP contribution in [0.15, 0.2) is 18.2 Å². The molecular weight excluding hydrogens is 265 g/mol. The molecule has 1 aliphatic rings. The highest BCUT2D eigenvalue weighted by Gasteiger charge is 2.20. The highest BCUT2D eigenvalue weighted by molar-refractivity contribution is 5.36. The second kappa shape index (κ2) is 6.74. The van der Waals surface area contributed by atoms with Crippen molar-refractivity contribution in [3.05, 3.63) is 39.7 Å². The highest BCUT2D eigenvalue weighted by Crippen LogP contribution is 2.21. The Kier molecular flexibility index (Phi) is 4.99. The number of halogens is 1. The molecule has 1 N–H and O–H groups in total. The van der Waals surface area contributed by atoms with Gasteiger partial charge in [0, 0.05) is 37.8 Å². The van der Waals surface area contributed by atoms with Gasteiger partial charge in [-0.2, -0.15) is 4.39 Å². The van der Waals surface area contributed by atoms with Crippen LogP contribution in [0.5, 0.6) is 0 Å². The maximum Gasteiger partial charge on any atom is 0.305 e. The second-order valence-corrected chi connectivity index (χ2v) is 4.90. The van der Waals surface area contributed by atoms with Crippen LogP contribution in [0.1, 0.15) is 5.56 Å². The Hall–Kier alpha value is -1.57. The number of likely N-dealkylation sites (N-methyl/N-ethyl adjacent to an activating group) is 1. The monoisotopic (exact) mass is 283 g/mol. The van der Waals surface area contributed by atoms with Crippen molar-refractivity contribution in [2.75, 3.05) is 33.3 Å². The van der Waals surface area contributed by atoms with E-state index >= 15 is 0 Å². The molecule has 6 nitrogen and oxygen atoms in total. The van der Waals surface area contributed by atoms with Crippen LogP contribution >= 0.6 is 0 Å².